The smallest absolute Gasteiger partial charge is 0.0547 e. The van der Waals surface area contributed by atoms with Crippen molar-refractivity contribution < 1.29 is 0 Å². The van der Waals surface area contributed by atoms with E-state index >= 15 is 0 Å². The molecule has 0 N–H and O–H groups in total. The number of hydrogen-bond acceptors (Lipinski definition) is 2. The Morgan fingerprint density at radius 1 is 0.253 bits per heavy atom. The zero-order valence-electron chi connectivity index (χ0n) is 45.7. The summed E-state index contributed by atoms with van der Waals surface area (Å²) >= 11 is 0. The van der Waals surface area contributed by atoms with Crippen LogP contribution in [0.3, 0.4) is 0 Å². The van der Waals surface area contributed by atoms with Gasteiger partial charge in [0.25, 0.3) is 0 Å². The average Bonchev–Trinajstić information content (AvgIpc) is 3.88. The molecule has 0 atom stereocenters. The van der Waals surface area contributed by atoms with E-state index in [-0.39, 0.29) is 0 Å². The molecular formula is C76H61N3. The Hall–Kier alpha value is -9.70. The number of rotatable bonds is 11. The zero-order chi connectivity index (χ0) is 53.7. The third-order valence-corrected chi connectivity index (χ3v) is 16.2. The largest absolute Gasteiger partial charge is 0.310 e. The van der Waals surface area contributed by atoms with E-state index in [0.29, 0.717) is 0 Å². The van der Waals surface area contributed by atoms with E-state index in [1.54, 1.807) is 0 Å². The van der Waals surface area contributed by atoms with Crippen molar-refractivity contribution in [1.29, 1.82) is 0 Å². The molecule has 79 heavy (non-hydrogen) atoms. The van der Waals surface area contributed by atoms with Crippen LogP contribution in [0.4, 0.5) is 34.1 Å². The van der Waals surface area contributed by atoms with Crippen molar-refractivity contribution in [2.75, 3.05) is 9.80 Å². The second kappa shape index (κ2) is 20.3. The molecule has 0 aliphatic heterocycles. The maximum absolute atomic E-state index is 2.45. The molecule has 1 aromatic heterocycles. The van der Waals surface area contributed by atoms with Crippen LogP contribution in [0.25, 0.3) is 82.8 Å². The van der Waals surface area contributed by atoms with Gasteiger partial charge in [0, 0.05) is 50.6 Å². The summed E-state index contributed by atoms with van der Waals surface area (Å²) in [5.41, 5.74) is 27.1. The summed E-state index contributed by atoms with van der Waals surface area (Å²) < 4.78 is 2.45. The third-order valence-electron chi connectivity index (χ3n) is 16.2. The van der Waals surface area contributed by atoms with Gasteiger partial charge in [-0.25, -0.2) is 0 Å². The molecule has 0 saturated carbocycles. The van der Waals surface area contributed by atoms with Gasteiger partial charge in [-0.1, -0.05) is 158 Å². The number of anilines is 6. The number of para-hydroxylation sites is 3. The molecule has 0 unspecified atom stereocenters. The van der Waals surface area contributed by atoms with Crippen molar-refractivity contribution in [2.45, 2.75) is 41.5 Å². The molecule has 0 amide bonds. The number of aryl methyl sites for hydroxylation is 6. The van der Waals surface area contributed by atoms with Gasteiger partial charge in [-0.15, -0.1) is 0 Å². The molecule has 13 aromatic rings. The van der Waals surface area contributed by atoms with Gasteiger partial charge in [-0.05, 0) is 233 Å². The predicted molar refractivity (Wildman–Crippen MR) is 338 cm³/mol. The van der Waals surface area contributed by atoms with Crippen molar-refractivity contribution >= 4 is 66.7 Å². The molecule has 0 radical (unpaired) electrons. The Kier molecular flexibility index (Phi) is 12.6. The van der Waals surface area contributed by atoms with E-state index in [9.17, 15) is 0 Å². The van der Waals surface area contributed by atoms with Crippen molar-refractivity contribution in [3.63, 3.8) is 0 Å². The summed E-state index contributed by atoms with van der Waals surface area (Å²) in [7, 11) is 0. The molecule has 380 valence electrons. The van der Waals surface area contributed by atoms with Gasteiger partial charge in [0.05, 0.1) is 11.0 Å². The molecule has 3 nitrogen and oxygen atoms in total. The minimum atomic E-state index is 1.05. The second-order valence-corrected chi connectivity index (χ2v) is 21.3. The fraction of sp³-hybridized carbons (Fsp3) is 0.0789. The van der Waals surface area contributed by atoms with Crippen molar-refractivity contribution in [2.24, 2.45) is 0 Å². The fourth-order valence-corrected chi connectivity index (χ4v) is 12.1. The quantitative estimate of drug-likeness (QED) is 0.128. The van der Waals surface area contributed by atoms with Gasteiger partial charge in [0.2, 0.25) is 0 Å². The number of hydrogen-bond donors (Lipinski definition) is 0. The molecular weight excluding hydrogens is 955 g/mol. The minimum absolute atomic E-state index is 1.05. The lowest BCUT2D eigenvalue weighted by molar-refractivity contribution is 1.18. The maximum Gasteiger partial charge on any atom is 0.0547 e. The van der Waals surface area contributed by atoms with Crippen molar-refractivity contribution in [1.82, 2.24) is 4.57 Å². The van der Waals surface area contributed by atoms with Gasteiger partial charge in [0.1, 0.15) is 0 Å². The lowest BCUT2D eigenvalue weighted by Crippen LogP contribution is -2.14. The lowest BCUT2D eigenvalue weighted by Gasteiger charge is -2.31. The molecule has 0 bridgehead atoms. The van der Waals surface area contributed by atoms with Crippen LogP contribution in [-0.4, -0.2) is 4.57 Å². The maximum atomic E-state index is 2.45. The molecule has 1 heterocycles. The monoisotopic (exact) mass is 1020 g/mol. The van der Waals surface area contributed by atoms with Gasteiger partial charge in [-0.3, -0.25) is 0 Å². The molecule has 0 spiro atoms. The van der Waals surface area contributed by atoms with Crippen LogP contribution < -0.4 is 9.80 Å². The Bertz CT molecular complexity index is 4430. The number of fused-ring (bicyclic) bond motifs is 4. The highest BCUT2D eigenvalue weighted by atomic mass is 15.2. The van der Waals surface area contributed by atoms with E-state index in [4.69, 9.17) is 0 Å². The third kappa shape index (κ3) is 8.94. The first-order valence-electron chi connectivity index (χ1n) is 27.5. The number of nitrogens with zero attached hydrogens (tertiary/aromatic N) is 3. The summed E-state index contributed by atoms with van der Waals surface area (Å²) in [5.74, 6) is 0. The van der Waals surface area contributed by atoms with Gasteiger partial charge < -0.3 is 14.4 Å². The van der Waals surface area contributed by atoms with Gasteiger partial charge in [0.15, 0.2) is 0 Å². The second-order valence-electron chi connectivity index (χ2n) is 21.3. The first kappa shape index (κ1) is 48.9. The van der Waals surface area contributed by atoms with Crippen LogP contribution in [0, 0.1) is 41.5 Å². The topological polar surface area (TPSA) is 11.4 Å². The Balaban J connectivity index is 1.07. The molecule has 13 rings (SSSR count). The van der Waals surface area contributed by atoms with E-state index in [0.717, 1.165) is 56.5 Å². The normalized spacial score (nSPS) is 11.4. The molecule has 0 aliphatic rings. The first-order valence-corrected chi connectivity index (χ1v) is 27.5. The van der Waals surface area contributed by atoms with Crippen LogP contribution in [0.1, 0.15) is 33.4 Å². The lowest BCUT2D eigenvalue weighted by atomic mass is 9.92. The molecule has 0 fully saturated rings. The highest BCUT2D eigenvalue weighted by Gasteiger charge is 2.23. The zero-order valence-corrected chi connectivity index (χ0v) is 45.7. The van der Waals surface area contributed by atoms with E-state index in [1.165, 1.54) is 93.8 Å². The summed E-state index contributed by atoms with van der Waals surface area (Å²) in [6.07, 6.45) is 0. The molecule has 3 heteroatoms. The van der Waals surface area contributed by atoms with E-state index < -0.39 is 0 Å². The fourth-order valence-electron chi connectivity index (χ4n) is 12.1. The first-order chi connectivity index (χ1) is 38.7. The van der Waals surface area contributed by atoms with Crippen LogP contribution in [0.5, 0.6) is 0 Å². The Labute approximate surface area is 464 Å². The highest BCUT2D eigenvalue weighted by Crippen LogP contribution is 2.47. The Morgan fingerprint density at radius 3 is 1.33 bits per heavy atom. The van der Waals surface area contributed by atoms with Crippen molar-refractivity contribution in [3.05, 3.63) is 294 Å². The summed E-state index contributed by atoms with van der Waals surface area (Å²) in [6, 6.07) is 96.3. The Morgan fingerprint density at radius 2 is 0.734 bits per heavy atom. The SMILES string of the molecule is Cc1ccccc1-c1ccc(N(c2ccccc2)c2cc(-c3ccc4c(c3)c3cc5c(C)c(-c6ccccc6C)ccc5cc3n4-c3ccccc3)cc(N(c3ccccc3)c3ccc(C)c(-c4ccccc4C)c3)c2)cc1C. The molecule has 0 saturated heterocycles. The number of benzene rings is 12. The minimum Gasteiger partial charge on any atom is -0.310 e. The van der Waals surface area contributed by atoms with Crippen LogP contribution >= 0.6 is 0 Å². The van der Waals surface area contributed by atoms with Crippen LogP contribution in [-0.2, 0) is 0 Å². The molecule has 0 aliphatic carbocycles. The van der Waals surface area contributed by atoms with Crippen LogP contribution in [0.15, 0.2) is 261 Å². The molecule has 12 aromatic carbocycles. The van der Waals surface area contributed by atoms with Crippen molar-refractivity contribution in [3.8, 4) is 50.2 Å². The highest BCUT2D eigenvalue weighted by molar-refractivity contribution is 6.15. The number of aromatic nitrogens is 1. The van der Waals surface area contributed by atoms with Crippen LogP contribution in [0.2, 0.25) is 0 Å². The summed E-state index contributed by atoms with van der Waals surface area (Å²) in [4.78, 5) is 4.87. The predicted octanol–water partition coefficient (Wildman–Crippen LogP) is 21.4. The standard InChI is InChI=1S/C76H61N3/c1-50-22-16-19-31-66(50)69-40-38-62(42-54(69)5)77(59-25-10-7-11-26-59)64-43-58(44-65(47-64)78(60-27-12-8-13-28-60)63-37-34-53(4)71(48-63)68-33-21-18-24-52(68)3)56-36-41-75-73(45-56)74-49-72-55(6)70(67-32-20-17-23-51(67)2)39-35-57(72)46-76(74)79(75)61-29-14-9-15-30-61/h7-49H,1-6H3. The van der Waals surface area contributed by atoms with E-state index in [2.05, 4.69) is 317 Å². The average molecular weight is 1020 g/mol. The van der Waals surface area contributed by atoms with Gasteiger partial charge >= 0.3 is 0 Å². The summed E-state index contributed by atoms with van der Waals surface area (Å²) in [5, 5.41) is 4.92. The van der Waals surface area contributed by atoms with Gasteiger partial charge in [-0.2, -0.15) is 0 Å². The van der Waals surface area contributed by atoms with E-state index in [1.807, 2.05) is 0 Å². The summed E-state index contributed by atoms with van der Waals surface area (Å²) in [6.45, 7) is 13.4.